The van der Waals surface area contributed by atoms with Gasteiger partial charge in [-0.2, -0.15) is 0 Å². The molecule has 0 aromatic heterocycles. The van der Waals surface area contributed by atoms with Crippen molar-refractivity contribution in [3.05, 3.63) is 56.7 Å². The van der Waals surface area contributed by atoms with Crippen molar-refractivity contribution in [3.63, 3.8) is 0 Å². The number of carbonyl (C=O) groups is 2. The standard InChI is InChI=1S/C21H23IO6/c1-4-21(2,3)14-6-7-17(23)15(12-14)20(26)28-10-9-27-18-8-5-13(19(24)25)11-16(18)22/h5-8,11-12,23H,4,9-10H2,1-3H3,(H,24,25). The Hall–Kier alpha value is -2.29. The van der Waals surface area contributed by atoms with Crippen LogP contribution in [0.4, 0.5) is 0 Å². The van der Waals surface area contributed by atoms with Crippen LogP contribution in [0.2, 0.25) is 0 Å². The Labute approximate surface area is 177 Å². The minimum Gasteiger partial charge on any atom is -0.507 e. The Morgan fingerprint density at radius 2 is 1.82 bits per heavy atom. The van der Waals surface area contributed by atoms with E-state index in [1.165, 1.54) is 18.2 Å². The molecular formula is C21H23IO6. The first kappa shape index (κ1) is 22.0. The average Bonchev–Trinajstić information content (AvgIpc) is 2.66. The third-order valence-electron chi connectivity index (χ3n) is 4.63. The van der Waals surface area contributed by atoms with Crippen LogP contribution in [0, 0.1) is 3.57 Å². The van der Waals surface area contributed by atoms with Crippen LogP contribution in [0.15, 0.2) is 36.4 Å². The maximum absolute atomic E-state index is 12.3. The van der Waals surface area contributed by atoms with Crippen LogP contribution in [-0.4, -0.2) is 35.4 Å². The van der Waals surface area contributed by atoms with Gasteiger partial charge in [-0.05, 0) is 70.3 Å². The summed E-state index contributed by atoms with van der Waals surface area (Å²) in [5.74, 6) is -1.24. The number of halogens is 1. The molecule has 0 saturated heterocycles. The van der Waals surface area contributed by atoms with E-state index in [0.717, 1.165) is 12.0 Å². The van der Waals surface area contributed by atoms with E-state index in [4.69, 9.17) is 14.6 Å². The molecule has 0 fully saturated rings. The Morgan fingerprint density at radius 1 is 1.11 bits per heavy atom. The van der Waals surface area contributed by atoms with Gasteiger partial charge in [0.2, 0.25) is 0 Å². The fourth-order valence-electron chi connectivity index (χ4n) is 2.44. The number of phenolic OH excluding ortho intramolecular Hbond substituents is 1. The van der Waals surface area contributed by atoms with Gasteiger partial charge in [-0.15, -0.1) is 0 Å². The van der Waals surface area contributed by atoms with Gasteiger partial charge in [0.25, 0.3) is 0 Å². The van der Waals surface area contributed by atoms with E-state index < -0.39 is 11.9 Å². The van der Waals surface area contributed by atoms with Crippen molar-refractivity contribution in [2.24, 2.45) is 0 Å². The molecule has 2 N–H and O–H groups in total. The summed E-state index contributed by atoms with van der Waals surface area (Å²) in [6, 6.07) is 9.49. The molecule has 0 unspecified atom stereocenters. The highest BCUT2D eigenvalue weighted by atomic mass is 127. The number of benzene rings is 2. The smallest absolute Gasteiger partial charge is 0.342 e. The van der Waals surface area contributed by atoms with Crippen LogP contribution in [0.3, 0.4) is 0 Å². The maximum Gasteiger partial charge on any atom is 0.342 e. The van der Waals surface area contributed by atoms with Crippen molar-refractivity contribution < 1.29 is 29.3 Å². The summed E-state index contributed by atoms with van der Waals surface area (Å²) in [4.78, 5) is 23.3. The molecule has 0 amide bonds. The number of carbonyl (C=O) groups excluding carboxylic acids is 1. The lowest BCUT2D eigenvalue weighted by atomic mass is 9.81. The van der Waals surface area contributed by atoms with E-state index in [-0.39, 0.29) is 35.5 Å². The predicted molar refractivity (Wildman–Crippen MR) is 113 cm³/mol. The molecule has 0 aliphatic rings. The van der Waals surface area contributed by atoms with Gasteiger partial charge in [0, 0.05) is 0 Å². The molecule has 0 spiro atoms. The second-order valence-electron chi connectivity index (χ2n) is 6.90. The highest BCUT2D eigenvalue weighted by molar-refractivity contribution is 14.1. The zero-order chi connectivity index (χ0) is 20.9. The number of ether oxygens (including phenoxy) is 2. The van der Waals surface area contributed by atoms with Crippen LogP contribution in [0.25, 0.3) is 0 Å². The molecule has 0 radical (unpaired) electrons. The molecule has 0 aliphatic carbocycles. The zero-order valence-electron chi connectivity index (χ0n) is 16.0. The van der Waals surface area contributed by atoms with Gasteiger partial charge in [0.1, 0.15) is 30.3 Å². The van der Waals surface area contributed by atoms with Crippen LogP contribution < -0.4 is 4.74 Å². The Kier molecular flexibility index (Phi) is 7.29. The second kappa shape index (κ2) is 9.27. The first-order valence-electron chi connectivity index (χ1n) is 8.82. The van der Waals surface area contributed by atoms with Gasteiger partial charge in [-0.25, -0.2) is 9.59 Å². The maximum atomic E-state index is 12.3. The van der Waals surface area contributed by atoms with Crippen LogP contribution in [-0.2, 0) is 10.2 Å². The molecule has 7 heteroatoms. The predicted octanol–water partition coefficient (Wildman–Crippen LogP) is 4.62. The van der Waals surface area contributed by atoms with Crippen molar-refractivity contribution in [2.45, 2.75) is 32.6 Å². The van der Waals surface area contributed by atoms with Gasteiger partial charge < -0.3 is 19.7 Å². The van der Waals surface area contributed by atoms with Crippen molar-refractivity contribution >= 4 is 34.5 Å². The van der Waals surface area contributed by atoms with Gasteiger partial charge in [0.05, 0.1) is 9.13 Å². The molecule has 2 aromatic carbocycles. The summed E-state index contributed by atoms with van der Waals surface area (Å²) in [6.45, 7) is 6.30. The molecule has 0 atom stereocenters. The molecule has 2 aromatic rings. The lowest BCUT2D eigenvalue weighted by Gasteiger charge is -2.24. The molecule has 28 heavy (non-hydrogen) atoms. The molecule has 0 saturated carbocycles. The number of phenols is 1. The van der Waals surface area contributed by atoms with Crippen LogP contribution in [0.5, 0.6) is 11.5 Å². The minimum atomic E-state index is -1.01. The number of rotatable bonds is 8. The molecular weight excluding hydrogens is 475 g/mol. The summed E-state index contributed by atoms with van der Waals surface area (Å²) >= 11 is 1.98. The van der Waals surface area contributed by atoms with E-state index in [1.54, 1.807) is 18.2 Å². The molecule has 0 heterocycles. The molecule has 0 bridgehead atoms. The summed E-state index contributed by atoms with van der Waals surface area (Å²) in [6.07, 6.45) is 0.888. The first-order valence-corrected chi connectivity index (χ1v) is 9.90. The third-order valence-corrected chi connectivity index (χ3v) is 5.48. The monoisotopic (exact) mass is 498 g/mol. The number of hydrogen-bond donors (Lipinski definition) is 2. The Balaban J connectivity index is 1.96. The lowest BCUT2D eigenvalue weighted by Crippen LogP contribution is -2.17. The SMILES string of the molecule is CCC(C)(C)c1ccc(O)c(C(=O)OCCOc2ccc(C(=O)O)cc2I)c1. The number of esters is 1. The van der Waals surface area contributed by atoms with E-state index in [0.29, 0.717) is 9.32 Å². The number of aromatic carboxylic acids is 1. The van der Waals surface area contributed by atoms with Crippen LogP contribution >= 0.6 is 22.6 Å². The molecule has 150 valence electrons. The third kappa shape index (κ3) is 5.37. The lowest BCUT2D eigenvalue weighted by molar-refractivity contribution is 0.0446. The number of hydrogen-bond acceptors (Lipinski definition) is 5. The first-order chi connectivity index (χ1) is 13.2. The minimum absolute atomic E-state index is 0.00354. The molecule has 6 nitrogen and oxygen atoms in total. The van der Waals surface area contributed by atoms with E-state index in [2.05, 4.69) is 20.8 Å². The van der Waals surface area contributed by atoms with Crippen molar-refractivity contribution in [1.82, 2.24) is 0 Å². The normalized spacial score (nSPS) is 11.1. The van der Waals surface area contributed by atoms with Gasteiger partial charge in [-0.1, -0.05) is 26.8 Å². The van der Waals surface area contributed by atoms with E-state index in [9.17, 15) is 14.7 Å². The number of carboxylic acid groups (broad SMARTS) is 1. The second-order valence-corrected chi connectivity index (χ2v) is 8.07. The summed E-state index contributed by atoms with van der Waals surface area (Å²) in [7, 11) is 0. The van der Waals surface area contributed by atoms with Gasteiger partial charge in [0.15, 0.2) is 0 Å². The Morgan fingerprint density at radius 3 is 2.43 bits per heavy atom. The van der Waals surface area contributed by atoms with E-state index >= 15 is 0 Å². The van der Waals surface area contributed by atoms with Crippen molar-refractivity contribution in [2.75, 3.05) is 13.2 Å². The summed E-state index contributed by atoms with van der Waals surface area (Å²) in [5, 5.41) is 19.0. The Bertz CT molecular complexity index is 875. The van der Waals surface area contributed by atoms with Crippen molar-refractivity contribution in [3.8, 4) is 11.5 Å². The fraction of sp³-hybridized carbons (Fsp3) is 0.333. The van der Waals surface area contributed by atoms with Gasteiger partial charge >= 0.3 is 11.9 Å². The average molecular weight is 498 g/mol. The van der Waals surface area contributed by atoms with E-state index in [1.807, 2.05) is 22.6 Å². The highest BCUT2D eigenvalue weighted by Crippen LogP contribution is 2.30. The summed E-state index contributed by atoms with van der Waals surface area (Å²) in [5.41, 5.74) is 1.13. The molecule has 2 rings (SSSR count). The largest absolute Gasteiger partial charge is 0.507 e. The van der Waals surface area contributed by atoms with Gasteiger partial charge in [-0.3, -0.25) is 0 Å². The quantitative estimate of drug-likeness (QED) is 0.314. The fourth-order valence-corrected chi connectivity index (χ4v) is 3.11. The number of aromatic hydroxyl groups is 1. The molecule has 0 aliphatic heterocycles. The number of carboxylic acids is 1. The van der Waals surface area contributed by atoms with Crippen LogP contribution in [0.1, 0.15) is 53.5 Å². The highest BCUT2D eigenvalue weighted by Gasteiger charge is 2.22. The summed E-state index contributed by atoms with van der Waals surface area (Å²) < 4.78 is 11.4. The topological polar surface area (TPSA) is 93.1 Å². The zero-order valence-corrected chi connectivity index (χ0v) is 18.1. The van der Waals surface area contributed by atoms with Crippen molar-refractivity contribution in [1.29, 1.82) is 0 Å².